The van der Waals surface area contributed by atoms with Crippen LogP contribution < -0.4 is 0 Å². The van der Waals surface area contributed by atoms with Crippen LogP contribution in [0.4, 0.5) is 0 Å². The Balaban J connectivity index is 4.13. The van der Waals surface area contributed by atoms with E-state index < -0.39 is 8.07 Å². The molecule has 0 unspecified atom stereocenters. The Kier molecular flexibility index (Phi) is 3.37. The number of hydrogen-bond donors (Lipinski definition) is 0. The van der Waals surface area contributed by atoms with Crippen molar-refractivity contribution in [3.8, 4) is 0 Å². The first-order valence-corrected chi connectivity index (χ1v) is 7.93. The van der Waals surface area contributed by atoms with E-state index in [4.69, 9.17) is 0 Å². The van der Waals surface area contributed by atoms with E-state index in [2.05, 4.69) is 47.7 Å². The van der Waals surface area contributed by atoms with Gasteiger partial charge in [-0.25, -0.2) is 0 Å². The van der Waals surface area contributed by atoms with Crippen molar-refractivity contribution in [2.75, 3.05) is 0 Å². The largest absolute Gasteiger partial charge is 0.0691 e. The highest BCUT2D eigenvalue weighted by molar-refractivity contribution is 6.78. The molecule has 0 saturated heterocycles. The van der Waals surface area contributed by atoms with E-state index in [0.29, 0.717) is 5.41 Å². The molecule has 0 aliphatic rings. The molecule has 0 N–H and O–H groups in total. The van der Waals surface area contributed by atoms with Crippen molar-refractivity contribution in [2.45, 2.75) is 59.3 Å². The lowest BCUT2D eigenvalue weighted by Crippen LogP contribution is -2.34. The van der Waals surface area contributed by atoms with Crippen LogP contribution in [0.15, 0.2) is 0 Å². The third kappa shape index (κ3) is 4.62. The van der Waals surface area contributed by atoms with E-state index in [1.54, 1.807) is 0 Å². The van der Waals surface area contributed by atoms with E-state index in [0.717, 1.165) is 5.54 Å². The zero-order valence-electron chi connectivity index (χ0n) is 9.28. The van der Waals surface area contributed by atoms with E-state index in [1.807, 2.05) is 0 Å². The lowest BCUT2D eigenvalue weighted by Gasteiger charge is -2.33. The summed E-state index contributed by atoms with van der Waals surface area (Å²) in [5.74, 6) is 0. The predicted octanol–water partition coefficient (Wildman–Crippen LogP) is 4.15. The SMILES string of the molecule is CC(C)[Si](C)(C)CC(C)(C)C. The van der Waals surface area contributed by atoms with Crippen molar-refractivity contribution in [2.24, 2.45) is 5.41 Å². The fraction of sp³-hybridized carbons (Fsp3) is 1.00. The maximum Gasteiger partial charge on any atom is 0.0504 e. The summed E-state index contributed by atoms with van der Waals surface area (Å²) in [7, 11) is -0.916. The van der Waals surface area contributed by atoms with Crippen molar-refractivity contribution >= 4 is 8.07 Å². The summed E-state index contributed by atoms with van der Waals surface area (Å²) in [6.07, 6.45) is 0. The molecule has 0 radical (unpaired) electrons. The van der Waals surface area contributed by atoms with Crippen LogP contribution >= 0.6 is 0 Å². The van der Waals surface area contributed by atoms with Crippen LogP contribution in [0.25, 0.3) is 0 Å². The molecule has 0 aromatic rings. The summed E-state index contributed by atoms with van der Waals surface area (Å²) in [4.78, 5) is 0. The van der Waals surface area contributed by atoms with Crippen molar-refractivity contribution < 1.29 is 0 Å². The normalized spacial score (nSPS) is 14.2. The van der Waals surface area contributed by atoms with Gasteiger partial charge in [-0.3, -0.25) is 0 Å². The minimum atomic E-state index is -0.916. The van der Waals surface area contributed by atoms with Gasteiger partial charge in [0.05, 0.1) is 8.07 Å². The van der Waals surface area contributed by atoms with Gasteiger partial charge in [0.15, 0.2) is 0 Å². The number of hydrogen-bond acceptors (Lipinski definition) is 0. The van der Waals surface area contributed by atoms with Crippen LogP contribution in [0, 0.1) is 5.41 Å². The Morgan fingerprint density at radius 3 is 1.55 bits per heavy atom. The van der Waals surface area contributed by atoms with Crippen LogP contribution in [-0.4, -0.2) is 8.07 Å². The highest BCUT2D eigenvalue weighted by Gasteiger charge is 2.29. The van der Waals surface area contributed by atoms with Crippen molar-refractivity contribution in [3.05, 3.63) is 0 Å². The lowest BCUT2D eigenvalue weighted by molar-refractivity contribution is 0.458. The monoisotopic (exact) mass is 172 g/mol. The van der Waals surface area contributed by atoms with Crippen LogP contribution in [0.1, 0.15) is 34.6 Å². The summed E-state index contributed by atoms with van der Waals surface area (Å²) in [5.41, 5.74) is 1.45. The van der Waals surface area contributed by atoms with Gasteiger partial charge in [0.25, 0.3) is 0 Å². The van der Waals surface area contributed by atoms with Gasteiger partial charge in [0, 0.05) is 0 Å². The average Bonchev–Trinajstić information content (AvgIpc) is 1.56. The Bertz CT molecular complexity index is 117. The van der Waals surface area contributed by atoms with Crippen LogP contribution in [0.2, 0.25) is 24.7 Å². The Labute approximate surface area is 73.4 Å². The molecule has 0 saturated carbocycles. The zero-order chi connectivity index (χ0) is 9.28. The van der Waals surface area contributed by atoms with E-state index in [9.17, 15) is 0 Å². The molecule has 11 heavy (non-hydrogen) atoms. The molecule has 0 spiro atoms. The molecular formula is C10H24Si. The van der Waals surface area contributed by atoms with Gasteiger partial charge in [-0.2, -0.15) is 0 Å². The topological polar surface area (TPSA) is 0 Å². The van der Waals surface area contributed by atoms with Gasteiger partial charge in [0.1, 0.15) is 0 Å². The summed E-state index contributed by atoms with van der Waals surface area (Å²) >= 11 is 0. The maximum absolute atomic E-state index is 2.50. The molecule has 1 heteroatoms. The first kappa shape index (κ1) is 11.2. The molecule has 0 aromatic heterocycles. The second kappa shape index (κ2) is 3.30. The first-order chi connectivity index (χ1) is 4.65. The molecule has 68 valence electrons. The van der Waals surface area contributed by atoms with Crippen molar-refractivity contribution in [1.29, 1.82) is 0 Å². The van der Waals surface area contributed by atoms with Crippen LogP contribution in [0.5, 0.6) is 0 Å². The average molecular weight is 172 g/mol. The molecule has 0 fully saturated rings. The van der Waals surface area contributed by atoms with E-state index in [-0.39, 0.29) is 0 Å². The molecule has 0 rings (SSSR count). The second-order valence-corrected chi connectivity index (χ2v) is 11.4. The Morgan fingerprint density at radius 1 is 1.09 bits per heavy atom. The molecule has 0 aliphatic carbocycles. The summed E-state index contributed by atoms with van der Waals surface area (Å²) in [6.45, 7) is 16.8. The fourth-order valence-corrected chi connectivity index (χ4v) is 4.71. The molecule has 0 heterocycles. The van der Waals surface area contributed by atoms with Gasteiger partial charge in [-0.05, 0) is 5.41 Å². The zero-order valence-corrected chi connectivity index (χ0v) is 10.3. The highest BCUT2D eigenvalue weighted by Crippen LogP contribution is 2.34. The van der Waals surface area contributed by atoms with E-state index >= 15 is 0 Å². The summed E-state index contributed by atoms with van der Waals surface area (Å²) in [5, 5.41) is 0. The van der Waals surface area contributed by atoms with Gasteiger partial charge in [0.2, 0.25) is 0 Å². The molecular weight excluding hydrogens is 148 g/mol. The molecule has 0 nitrogen and oxygen atoms in total. The van der Waals surface area contributed by atoms with E-state index in [1.165, 1.54) is 6.04 Å². The maximum atomic E-state index is 2.50. The highest BCUT2D eigenvalue weighted by atomic mass is 28.3. The molecule has 0 atom stereocenters. The van der Waals surface area contributed by atoms with Gasteiger partial charge < -0.3 is 0 Å². The molecule has 0 aromatic carbocycles. The molecule has 0 aliphatic heterocycles. The molecule has 0 bridgehead atoms. The standard InChI is InChI=1S/C10H24Si/c1-9(2)11(6,7)8-10(3,4)5/h9H,8H2,1-7H3. The minimum absolute atomic E-state index is 0.528. The predicted molar refractivity (Wildman–Crippen MR) is 56.8 cm³/mol. The summed E-state index contributed by atoms with van der Waals surface area (Å²) in [6, 6.07) is 1.44. The fourth-order valence-electron chi connectivity index (χ4n) is 1.57. The third-order valence-electron chi connectivity index (χ3n) is 2.55. The van der Waals surface area contributed by atoms with Crippen LogP contribution in [0.3, 0.4) is 0 Å². The van der Waals surface area contributed by atoms with Gasteiger partial charge in [-0.1, -0.05) is 59.3 Å². The van der Waals surface area contributed by atoms with Crippen molar-refractivity contribution in [1.82, 2.24) is 0 Å². The van der Waals surface area contributed by atoms with Gasteiger partial charge in [-0.15, -0.1) is 0 Å². The first-order valence-electron chi connectivity index (χ1n) is 4.65. The van der Waals surface area contributed by atoms with Crippen molar-refractivity contribution in [3.63, 3.8) is 0 Å². The summed E-state index contributed by atoms with van der Waals surface area (Å²) < 4.78 is 0. The quantitative estimate of drug-likeness (QED) is 0.549. The number of rotatable bonds is 2. The smallest absolute Gasteiger partial charge is 0.0504 e. The lowest BCUT2D eigenvalue weighted by atomic mass is 10.0. The third-order valence-corrected chi connectivity index (χ3v) is 7.65. The minimum Gasteiger partial charge on any atom is -0.0691 e. The second-order valence-electron chi connectivity index (χ2n) is 5.88. The van der Waals surface area contributed by atoms with Crippen LogP contribution in [-0.2, 0) is 0 Å². The molecule has 0 amide bonds. The van der Waals surface area contributed by atoms with Gasteiger partial charge >= 0.3 is 0 Å². The Morgan fingerprint density at radius 2 is 1.45 bits per heavy atom. The Hall–Kier alpha value is 0.217.